The third kappa shape index (κ3) is 2.72. The van der Waals surface area contributed by atoms with E-state index in [2.05, 4.69) is 5.10 Å². The summed E-state index contributed by atoms with van der Waals surface area (Å²) in [6, 6.07) is 11.7. The smallest absolute Gasteiger partial charge is 0.327 e. The topological polar surface area (TPSA) is 44.1 Å². The minimum atomic E-state index is -0.270. The van der Waals surface area contributed by atoms with Gasteiger partial charge in [-0.05, 0) is 18.6 Å². The lowest BCUT2D eigenvalue weighted by Crippen LogP contribution is -2.15. The molecule has 0 amide bonds. The minimum Gasteiger partial charge on any atom is -0.465 e. The number of rotatable bonds is 4. The van der Waals surface area contributed by atoms with Gasteiger partial charge in [-0.1, -0.05) is 30.3 Å². The Labute approximate surface area is 99.8 Å². The predicted octanol–water partition coefficient (Wildman–Crippen LogP) is 2.11. The lowest BCUT2D eigenvalue weighted by atomic mass is 10.1. The molecule has 2 rings (SSSR count). The molecule has 4 heteroatoms. The van der Waals surface area contributed by atoms with E-state index >= 15 is 0 Å². The fraction of sp³-hybridized carbons (Fsp3) is 0.231. The van der Waals surface area contributed by atoms with Crippen molar-refractivity contribution in [3.05, 3.63) is 42.6 Å². The first-order valence-corrected chi connectivity index (χ1v) is 5.54. The molecule has 2 aromatic rings. The fourth-order valence-corrected chi connectivity index (χ4v) is 1.64. The van der Waals surface area contributed by atoms with Gasteiger partial charge in [0, 0.05) is 6.20 Å². The molecule has 4 nitrogen and oxygen atoms in total. The van der Waals surface area contributed by atoms with Crippen molar-refractivity contribution in [3.63, 3.8) is 0 Å². The molecule has 0 bridgehead atoms. The Morgan fingerprint density at radius 1 is 1.29 bits per heavy atom. The van der Waals surface area contributed by atoms with E-state index in [0.717, 1.165) is 11.3 Å². The molecule has 0 fully saturated rings. The van der Waals surface area contributed by atoms with Gasteiger partial charge in [0.05, 0.1) is 12.3 Å². The summed E-state index contributed by atoms with van der Waals surface area (Å²) in [4.78, 5) is 11.4. The lowest BCUT2D eigenvalue weighted by Gasteiger charge is -2.06. The van der Waals surface area contributed by atoms with Gasteiger partial charge in [0.1, 0.15) is 6.54 Å². The first kappa shape index (κ1) is 11.4. The van der Waals surface area contributed by atoms with Gasteiger partial charge < -0.3 is 4.74 Å². The van der Waals surface area contributed by atoms with Crippen molar-refractivity contribution in [2.75, 3.05) is 6.61 Å². The number of ether oxygens (including phenoxy) is 1. The van der Waals surface area contributed by atoms with Crippen LogP contribution in [-0.4, -0.2) is 22.4 Å². The molecule has 1 aromatic carbocycles. The van der Waals surface area contributed by atoms with Crippen molar-refractivity contribution in [1.29, 1.82) is 0 Å². The normalized spacial score (nSPS) is 10.2. The van der Waals surface area contributed by atoms with E-state index in [4.69, 9.17) is 4.74 Å². The second-order valence-electron chi connectivity index (χ2n) is 3.55. The van der Waals surface area contributed by atoms with Crippen molar-refractivity contribution in [3.8, 4) is 11.3 Å². The van der Waals surface area contributed by atoms with Crippen LogP contribution < -0.4 is 0 Å². The second-order valence-corrected chi connectivity index (χ2v) is 3.55. The van der Waals surface area contributed by atoms with Gasteiger partial charge in [-0.15, -0.1) is 0 Å². The number of nitrogens with zero attached hydrogens (tertiary/aromatic N) is 2. The minimum absolute atomic E-state index is 0.144. The molecule has 0 unspecified atom stereocenters. The van der Waals surface area contributed by atoms with Crippen molar-refractivity contribution in [2.24, 2.45) is 0 Å². The molecular formula is C13H14N2O2. The van der Waals surface area contributed by atoms with Crippen molar-refractivity contribution in [1.82, 2.24) is 9.78 Å². The van der Waals surface area contributed by atoms with E-state index in [1.54, 1.807) is 17.8 Å². The summed E-state index contributed by atoms with van der Waals surface area (Å²) in [7, 11) is 0. The molecule has 1 aromatic heterocycles. The van der Waals surface area contributed by atoms with Gasteiger partial charge in [-0.2, -0.15) is 5.10 Å². The summed E-state index contributed by atoms with van der Waals surface area (Å²) in [5.74, 6) is -0.270. The number of carbonyl (C=O) groups is 1. The summed E-state index contributed by atoms with van der Waals surface area (Å²) in [6.07, 6.45) is 1.68. The molecule has 0 aliphatic heterocycles. The summed E-state index contributed by atoms with van der Waals surface area (Å²) in [5.41, 5.74) is 1.95. The van der Waals surface area contributed by atoms with E-state index in [1.807, 2.05) is 36.4 Å². The molecule has 0 spiro atoms. The van der Waals surface area contributed by atoms with E-state index in [-0.39, 0.29) is 12.5 Å². The van der Waals surface area contributed by atoms with Crippen LogP contribution in [0.2, 0.25) is 0 Å². The molecule has 0 atom stereocenters. The van der Waals surface area contributed by atoms with Crippen LogP contribution in [0.5, 0.6) is 0 Å². The summed E-state index contributed by atoms with van der Waals surface area (Å²) < 4.78 is 6.55. The summed E-state index contributed by atoms with van der Waals surface area (Å²) >= 11 is 0. The third-order valence-electron chi connectivity index (χ3n) is 2.37. The molecule has 0 aliphatic rings. The highest BCUT2D eigenvalue weighted by molar-refractivity contribution is 5.70. The van der Waals surface area contributed by atoms with Crippen LogP contribution in [0.25, 0.3) is 11.3 Å². The van der Waals surface area contributed by atoms with E-state index in [1.165, 1.54) is 0 Å². The highest BCUT2D eigenvalue weighted by Crippen LogP contribution is 2.17. The van der Waals surface area contributed by atoms with Crippen LogP contribution >= 0.6 is 0 Å². The molecule has 0 radical (unpaired) electrons. The average molecular weight is 230 g/mol. The predicted molar refractivity (Wildman–Crippen MR) is 64.3 cm³/mol. The first-order chi connectivity index (χ1) is 8.31. The van der Waals surface area contributed by atoms with Crippen molar-refractivity contribution in [2.45, 2.75) is 13.5 Å². The zero-order valence-corrected chi connectivity index (χ0v) is 9.67. The number of benzene rings is 1. The average Bonchev–Trinajstić information content (AvgIpc) is 2.78. The van der Waals surface area contributed by atoms with Crippen LogP contribution in [0.1, 0.15) is 6.92 Å². The zero-order valence-electron chi connectivity index (χ0n) is 9.67. The number of aromatic nitrogens is 2. The highest BCUT2D eigenvalue weighted by atomic mass is 16.5. The van der Waals surface area contributed by atoms with E-state index in [9.17, 15) is 4.79 Å². The van der Waals surface area contributed by atoms with Gasteiger partial charge in [-0.3, -0.25) is 9.48 Å². The Hall–Kier alpha value is -2.10. The van der Waals surface area contributed by atoms with Gasteiger partial charge in [0.2, 0.25) is 0 Å². The lowest BCUT2D eigenvalue weighted by molar-refractivity contribution is -0.144. The fourth-order valence-electron chi connectivity index (χ4n) is 1.64. The van der Waals surface area contributed by atoms with Gasteiger partial charge in [0.15, 0.2) is 0 Å². The van der Waals surface area contributed by atoms with Gasteiger partial charge in [-0.25, -0.2) is 0 Å². The monoisotopic (exact) mass is 230 g/mol. The molecule has 0 N–H and O–H groups in total. The van der Waals surface area contributed by atoms with Crippen LogP contribution in [0.3, 0.4) is 0 Å². The van der Waals surface area contributed by atoms with Crippen LogP contribution in [0.15, 0.2) is 42.6 Å². The number of hydrogen-bond donors (Lipinski definition) is 0. The SMILES string of the molecule is CCOC(=O)Cn1nccc1-c1ccccc1. The standard InChI is InChI=1S/C13H14N2O2/c1-2-17-13(16)10-15-12(8-9-14-15)11-6-4-3-5-7-11/h3-9H,2,10H2,1H3. The van der Waals surface area contributed by atoms with Crippen molar-refractivity contribution >= 4 is 5.97 Å². The molecule has 1 heterocycles. The summed E-state index contributed by atoms with van der Waals surface area (Å²) in [5, 5.41) is 4.13. The Kier molecular flexibility index (Phi) is 3.55. The van der Waals surface area contributed by atoms with Gasteiger partial charge >= 0.3 is 5.97 Å². The molecular weight excluding hydrogens is 216 g/mol. The van der Waals surface area contributed by atoms with Crippen LogP contribution in [0, 0.1) is 0 Å². The van der Waals surface area contributed by atoms with E-state index in [0.29, 0.717) is 6.61 Å². The maximum atomic E-state index is 11.4. The first-order valence-electron chi connectivity index (χ1n) is 5.54. The third-order valence-corrected chi connectivity index (χ3v) is 2.37. The number of esters is 1. The Bertz CT molecular complexity index is 491. The number of hydrogen-bond acceptors (Lipinski definition) is 3. The second kappa shape index (κ2) is 5.30. The quantitative estimate of drug-likeness (QED) is 0.755. The Morgan fingerprint density at radius 3 is 2.76 bits per heavy atom. The molecule has 0 aliphatic carbocycles. The zero-order chi connectivity index (χ0) is 12.1. The Morgan fingerprint density at radius 2 is 2.06 bits per heavy atom. The maximum Gasteiger partial charge on any atom is 0.327 e. The molecule has 0 saturated carbocycles. The van der Waals surface area contributed by atoms with Crippen LogP contribution in [-0.2, 0) is 16.1 Å². The highest BCUT2D eigenvalue weighted by Gasteiger charge is 2.09. The van der Waals surface area contributed by atoms with Crippen LogP contribution in [0.4, 0.5) is 0 Å². The molecule has 88 valence electrons. The largest absolute Gasteiger partial charge is 0.465 e. The molecule has 17 heavy (non-hydrogen) atoms. The van der Waals surface area contributed by atoms with Crippen molar-refractivity contribution < 1.29 is 9.53 Å². The summed E-state index contributed by atoms with van der Waals surface area (Å²) in [6.45, 7) is 2.32. The Balaban J connectivity index is 2.20. The van der Waals surface area contributed by atoms with Gasteiger partial charge in [0.25, 0.3) is 0 Å². The number of carbonyl (C=O) groups excluding carboxylic acids is 1. The van der Waals surface area contributed by atoms with E-state index < -0.39 is 0 Å². The molecule has 0 saturated heterocycles. The maximum absolute atomic E-state index is 11.4.